The number of para-hydroxylation sites is 1. The number of aryl methyl sites for hydroxylation is 4. The van der Waals surface area contributed by atoms with Gasteiger partial charge in [0.05, 0.1) is 23.2 Å². The summed E-state index contributed by atoms with van der Waals surface area (Å²) in [6, 6.07) is 20.1. The smallest absolute Gasteiger partial charge is 0.162 e. The summed E-state index contributed by atoms with van der Waals surface area (Å²) in [5.74, 6) is 0.662. The van der Waals surface area contributed by atoms with Crippen LogP contribution in [0.25, 0.3) is 0 Å². The van der Waals surface area contributed by atoms with Crippen molar-refractivity contribution in [2.75, 3.05) is 4.90 Å². The summed E-state index contributed by atoms with van der Waals surface area (Å²) in [7, 11) is 0. The number of allylic oxidation sites excluding steroid dienone is 3. The molecule has 3 aromatic rings. The molecule has 210 valence electrons. The van der Waals surface area contributed by atoms with Gasteiger partial charge in [-0.15, -0.1) is 0 Å². The molecule has 3 aromatic carbocycles. The third-order valence-corrected chi connectivity index (χ3v) is 8.53. The highest BCUT2D eigenvalue weighted by atomic mass is 35.5. The van der Waals surface area contributed by atoms with Gasteiger partial charge in [0.1, 0.15) is 18.2 Å². The summed E-state index contributed by atoms with van der Waals surface area (Å²) in [6.45, 7) is 12.7. The Hall–Kier alpha value is -4.01. The lowest BCUT2D eigenvalue weighted by Gasteiger charge is -2.44. The number of Topliss-reactive ketones (excluding diaryl/α,β-unsaturated/α-hetero) is 1. The number of nitriles is 1. The minimum absolute atomic E-state index is 0.0645. The zero-order valence-electron chi connectivity index (χ0n) is 24.6. The molecule has 1 unspecified atom stereocenters. The highest BCUT2D eigenvalue weighted by Gasteiger charge is 2.45. The zero-order chi connectivity index (χ0) is 29.6. The summed E-state index contributed by atoms with van der Waals surface area (Å²) in [4.78, 5) is 16.0. The molecule has 0 saturated carbocycles. The summed E-state index contributed by atoms with van der Waals surface area (Å²) in [5.41, 5.74) is 15.5. The zero-order valence-corrected chi connectivity index (χ0v) is 25.3. The average Bonchev–Trinajstić information content (AvgIpc) is 2.89. The first-order chi connectivity index (χ1) is 19.4. The number of rotatable bonds is 5. The first kappa shape index (κ1) is 28.5. The van der Waals surface area contributed by atoms with Crippen LogP contribution in [0.15, 0.2) is 77.3 Å². The van der Waals surface area contributed by atoms with E-state index in [4.69, 9.17) is 22.1 Å². The molecule has 5 rings (SSSR count). The van der Waals surface area contributed by atoms with Crippen molar-refractivity contribution in [3.05, 3.63) is 116 Å². The van der Waals surface area contributed by atoms with Crippen molar-refractivity contribution in [2.24, 2.45) is 11.1 Å². The van der Waals surface area contributed by atoms with Crippen LogP contribution in [0.2, 0.25) is 5.02 Å². The molecular formula is C35H36ClN3O2. The van der Waals surface area contributed by atoms with Crippen LogP contribution in [0.5, 0.6) is 5.75 Å². The van der Waals surface area contributed by atoms with Gasteiger partial charge in [-0.1, -0.05) is 55.8 Å². The predicted molar refractivity (Wildman–Crippen MR) is 165 cm³/mol. The second kappa shape index (κ2) is 10.8. The van der Waals surface area contributed by atoms with Gasteiger partial charge in [-0.25, -0.2) is 0 Å². The molecule has 6 heteroatoms. The Balaban J connectivity index is 1.66. The number of halogens is 1. The molecule has 0 fully saturated rings. The van der Waals surface area contributed by atoms with E-state index in [1.807, 2.05) is 68.1 Å². The largest absolute Gasteiger partial charge is 0.489 e. The summed E-state index contributed by atoms with van der Waals surface area (Å²) in [5, 5.41) is 11.2. The number of ketones is 1. The lowest BCUT2D eigenvalue weighted by molar-refractivity contribution is -0.118. The number of ether oxygens (including phenoxy) is 1. The maximum atomic E-state index is 14.0. The van der Waals surface area contributed by atoms with Crippen molar-refractivity contribution >= 4 is 23.1 Å². The van der Waals surface area contributed by atoms with Crippen molar-refractivity contribution in [3.8, 4) is 11.8 Å². The quantitative estimate of drug-likeness (QED) is 0.338. The van der Waals surface area contributed by atoms with Crippen LogP contribution in [0.4, 0.5) is 5.69 Å². The van der Waals surface area contributed by atoms with E-state index in [1.54, 1.807) is 0 Å². The van der Waals surface area contributed by atoms with E-state index < -0.39 is 5.92 Å². The Morgan fingerprint density at radius 3 is 2.41 bits per heavy atom. The molecule has 0 amide bonds. The maximum absolute atomic E-state index is 14.0. The number of hydrogen-bond acceptors (Lipinski definition) is 5. The number of carbonyl (C=O) groups excluding carboxylic acids is 1. The molecule has 2 aliphatic rings. The Morgan fingerprint density at radius 1 is 1.00 bits per heavy atom. The number of nitrogens with zero attached hydrogens (tertiary/aromatic N) is 2. The number of anilines is 1. The van der Waals surface area contributed by atoms with Gasteiger partial charge in [0.2, 0.25) is 0 Å². The van der Waals surface area contributed by atoms with E-state index in [2.05, 4.69) is 39.0 Å². The van der Waals surface area contributed by atoms with Gasteiger partial charge in [-0.2, -0.15) is 5.26 Å². The van der Waals surface area contributed by atoms with Crippen LogP contribution >= 0.6 is 11.6 Å². The molecule has 0 radical (unpaired) electrons. The topological polar surface area (TPSA) is 79.4 Å². The normalized spacial score (nSPS) is 18.3. The Kier molecular flexibility index (Phi) is 7.48. The van der Waals surface area contributed by atoms with Gasteiger partial charge < -0.3 is 10.5 Å². The van der Waals surface area contributed by atoms with Gasteiger partial charge in [0.25, 0.3) is 0 Å². The van der Waals surface area contributed by atoms with Crippen molar-refractivity contribution < 1.29 is 9.53 Å². The van der Waals surface area contributed by atoms with E-state index in [9.17, 15) is 10.1 Å². The van der Waals surface area contributed by atoms with E-state index in [1.165, 1.54) is 0 Å². The average molecular weight is 566 g/mol. The van der Waals surface area contributed by atoms with E-state index >= 15 is 0 Å². The lowest BCUT2D eigenvalue weighted by Crippen LogP contribution is -2.42. The second-order valence-electron chi connectivity index (χ2n) is 12.1. The van der Waals surface area contributed by atoms with Crippen LogP contribution in [-0.2, 0) is 11.4 Å². The first-order valence-corrected chi connectivity index (χ1v) is 14.3. The molecule has 0 bridgehead atoms. The highest BCUT2D eigenvalue weighted by molar-refractivity contribution is 6.30. The Labute approximate surface area is 247 Å². The highest BCUT2D eigenvalue weighted by Crippen LogP contribution is 2.51. The minimum Gasteiger partial charge on any atom is -0.489 e. The number of carbonyl (C=O) groups is 1. The monoisotopic (exact) mass is 565 g/mol. The molecule has 0 aromatic heterocycles. The van der Waals surface area contributed by atoms with Gasteiger partial charge in [-0.3, -0.25) is 9.69 Å². The SMILES string of the molecule is Cc1cc(C)c(C2C(C#N)=C(N)N(c3ccccc3C)C3=C2C(=O)CC(C)(C)C3)cc1COc1ccc(Cl)cc1C. The Morgan fingerprint density at radius 2 is 1.73 bits per heavy atom. The summed E-state index contributed by atoms with van der Waals surface area (Å²) < 4.78 is 6.21. The number of nitrogens with two attached hydrogens (primary N) is 1. The molecular weight excluding hydrogens is 530 g/mol. The lowest BCUT2D eigenvalue weighted by atomic mass is 9.68. The van der Waals surface area contributed by atoms with Crippen molar-refractivity contribution in [1.82, 2.24) is 0 Å². The molecule has 5 nitrogen and oxygen atoms in total. The van der Waals surface area contributed by atoms with Crippen molar-refractivity contribution in [1.29, 1.82) is 5.26 Å². The standard InChI is InChI=1S/C35H36ClN3O2/c1-20-9-7-8-10-28(20)39-29-16-35(5,6)17-30(40)33(29)32(27(18-37)34(39)38)26-15-24(21(2)13-22(26)3)19-41-31-12-11-25(36)14-23(31)4/h7-15,32H,16-17,19,38H2,1-6H3. The summed E-state index contributed by atoms with van der Waals surface area (Å²) in [6.07, 6.45) is 1.09. The van der Waals surface area contributed by atoms with Gasteiger partial charge >= 0.3 is 0 Å². The van der Waals surface area contributed by atoms with Gasteiger partial charge in [-0.05, 0) is 97.2 Å². The minimum atomic E-state index is -0.546. The van der Waals surface area contributed by atoms with Crippen LogP contribution in [0.1, 0.15) is 66.0 Å². The molecule has 1 heterocycles. The summed E-state index contributed by atoms with van der Waals surface area (Å²) >= 11 is 6.13. The third kappa shape index (κ3) is 5.25. The van der Waals surface area contributed by atoms with Crippen molar-refractivity contribution in [3.63, 3.8) is 0 Å². The number of hydrogen-bond donors (Lipinski definition) is 1. The molecule has 0 saturated heterocycles. The molecule has 0 spiro atoms. The predicted octanol–water partition coefficient (Wildman–Crippen LogP) is 8.09. The van der Waals surface area contributed by atoms with E-state index in [-0.39, 0.29) is 11.2 Å². The second-order valence-corrected chi connectivity index (χ2v) is 12.5. The van der Waals surface area contributed by atoms with Gasteiger partial charge in [0, 0.05) is 22.7 Å². The molecule has 2 N–H and O–H groups in total. The van der Waals surface area contributed by atoms with E-state index in [0.717, 1.165) is 50.5 Å². The van der Waals surface area contributed by atoms with E-state index in [0.29, 0.717) is 41.4 Å². The van der Waals surface area contributed by atoms with Crippen molar-refractivity contribution in [2.45, 2.75) is 66.9 Å². The number of benzene rings is 3. The van der Waals surface area contributed by atoms with Crippen LogP contribution in [-0.4, -0.2) is 5.78 Å². The fourth-order valence-corrected chi connectivity index (χ4v) is 6.45. The Bertz CT molecular complexity index is 1680. The first-order valence-electron chi connectivity index (χ1n) is 13.9. The molecule has 1 aliphatic carbocycles. The fourth-order valence-electron chi connectivity index (χ4n) is 6.22. The molecule has 41 heavy (non-hydrogen) atoms. The van der Waals surface area contributed by atoms with Gasteiger partial charge in [0.15, 0.2) is 5.78 Å². The van der Waals surface area contributed by atoms with Crippen LogP contribution < -0.4 is 15.4 Å². The third-order valence-electron chi connectivity index (χ3n) is 8.29. The van der Waals surface area contributed by atoms with Crippen LogP contribution in [0, 0.1) is 44.4 Å². The fraction of sp³-hybridized carbons (Fsp3) is 0.314. The molecule has 1 atom stereocenters. The van der Waals surface area contributed by atoms with Crippen LogP contribution in [0.3, 0.4) is 0 Å². The maximum Gasteiger partial charge on any atom is 0.162 e. The molecule has 1 aliphatic heterocycles.